The number of anilines is 1. The lowest BCUT2D eigenvalue weighted by atomic mass is 10.0. The maximum Gasteiger partial charge on any atom is 0.275 e. The summed E-state index contributed by atoms with van der Waals surface area (Å²) in [5.74, 6) is 0.503. The van der Waals surface area contributed by atoms with Crippen LogP contribution in [0.3, 0.4) is 0 Å². The Labute approximate surface area is 131 Å². The van der Waals surface area contributed by atoms with E-state index in [2.05, 4.69) is 40.2 Å². The van der Waals surface area contributed by atoms with Crippen LogP contribution in [0.5, 0.6) is 0 Å². The van der Waals surface area contributed by atoms with E-state index in [0.29, 0.717) is 10.2 Å². The molecule has 1 aromatic carbocycles. The summed E-state index contributed by atoms with van der Waals surface area (Å²) < 4.78 is 16.2. The van der Waals surface area contributed by atoms with Crippen LogP contribution in [0, 0.1) is 5.82 Å². The number of hydrogen-bond acceptors (Lipinski definition) is 1. The van der Waals surface area contributed by atoms with Crippen molar-refractivity contribution in [3.8, 4) is 0 Å². The molecule has 1 aliphatic rings. The van der Waals surface area contributed by atoms with Gasteiger partial charge in [0.2, 0.25) is 0 Å². The molecule has 1 heterocycles. The molecule has 1 aromatic rings. The fraction of sp³-hybridized carbons (Fsp3) is 0.429. The topological polar surface area (TPSA) is 27.4 Å². The number of rotatable bonds is 2. The minimum Gasteiger partial charge on any atom is -0.241 e. The molecular formula is C14H17BrClFN3+. The van der Waals surface area contributed by atoms with E-state index in [1.807, 2.05) is 11.6 Å². The lowest BCUT2D eigenvalue weighted by Gasteiger charge is -2.19. The Morgan fingerprint density at radius 3 is 2.80 bits per heavy atom. The molecule has 108 valence electrons. The first-order chi connectivity index (χ1) is 9.45. The molecule has 0 fully saturated rings. The molecule has 3 nitrogen and oxygen atoms in total. The average molecular weight is 362 g/mol. The maximum absolute atomic E-state index is 13.9. The molecule has 0 spiro atoms. The van der Waals surface area contributed by atoms with E-state index in [4.69, 9.17) is 11.6 Å². The minimum absolute atomic E-state index is 0.121. The maximum atomic E-state index is 13.9. The van der Waals surface area contributed by atoms with E-state index in [1.165, 1.54) is 0 Å². The monoisotopic (exact) mass is 360 g/mol. The van der Waals surface area contributed by atoms with Gasteiger partial charge in [-0.2, -0.15) is 0 Å². The number of hydrogen-bond donors (Lipinski definition) is 1. The average Bonchev–Trinajstić information content (AvgIpc) is 2.42. The highest BCUT2D eigenvalue weighted by Gasteiger charge is 2.28. The zero-order valence-electron chi connectivity index (χ0n) is 11.7. The summed E-state index contributed by atoms with van der Waals surface area (Å²) in [7, 11) is 0. The van der Waals surface area contributed by atoms with Crippen LogP contribution in [0.15, 0.2) is 15.6 Å². The van der Waals surface area contributed by atoms with Crippen LogP contribution < -0.4 is 5.32 Å². The van der Waals surface area contributed by atoms with Gasteiger partial charge < -0.3 is 0 Å². The van der Waals surface area contributed by atoms with Crippen LogP contribution in [0.2, 0.25) is 5.02 Å². The van der Waals surface area contributed by atoms with Gasteiger partial charge in [0.1, 0.15) is 16.8 Å². The second kappa shape index (κ2) is 6.22. The normalized spacial score (nSPS) is 17.4. The molecule has 0 saturated heterocycles. The predicted octanol–water partition coefficient (Wildman–Crippen LogP) is 4.42. The Morgan fingerprint density at radius 1 is 1.50 bits per heavy atom. The molecule has 0 radical (unpaired) electrons. The quantitative estimate of drug-likeness (QED) is 0.359. The fourth-order valence-electron chi connectivity index (χ4n) is 2.25. The van der Waals surface area contributed by atoms with Gasteiger partial charge in [0.05, 0.1) is 10.9 Å². The second-order valence-electron chi connectivity index (χ2n) is 4.90. The van der Waals surface area contributed by atoms with Gasteiger partial charge in [0, 0.05) is 11.8 Å². The number of halogens is 3. The van der Waals surface area contributed by atoms with E-state index in [-0.39, 0.29) is 11.1 Å². The summed E-state index contributed by atoms with van der Waals surface area (Å²) in [6, 6.07) is 2.00. The summed E-state index contributed by atoms with van der Waals surface area (Å²) in [5.41, 5.74) is 1.65. The van der Waals surface area contributed by atoms with E-state index in [9.17, 15) is 4.39 Å². The number of nitrogens with zero attached hydrogens (tertiary/aromatic N) is 2. The van der Waals surface area contributed by atoms with Crippen molar-refractivity contribution in [2.24, 2.45) is 5.10 Å². The van der Waals surface area contributed by atoms with Gasteiger partial charge in [-0.3, -0.25) is 0 Å². The number of aryl methyl sites for hydroxylation is 1. The number of hydrazone groups is 1. The van der Waals surface area contributed by atoms with Gasteiger partial charge in [0.25, 0.3) is 5.84 Å². The first-order valence-corrected chi connectivity index (χ1v) is 7.69. The third-order valence-electron chi connectivity index (χ3n) is 3.15. The summed E-state index contributed by atoms with van der Waals surface area (Å²) in [5, 5.41) is 7.71. The van der Waals surface area contributed by atoms with Crippen molar-refractivity contribution in [2.75, 3.05) is 5.32 Å². The molecule has 0 amide bonds. The number of fused-ring (bicyclic) bond motifs is 1. The molecule has 0 unspecified atom stereocenters. The number of amidine groups is 1. The first kappa shape index (κ1) is 15.4. The molecule has 0 atom stereocenters. The predicted molar refractivity (Wildman–Crippen MR) is 85.6 cm³/mol. The molecule has 2 rings (SSSR count). The van der Waals surface area contributed by atoms with E-state index >= 15 is 0 Å². The summed E-state index contributed by atoms with van der Waals surface area (Å²) in [6.45, 7) is 5.98. The Balaban J connectivity index is 2.50. The van der Waals surface area contributed by atoms with Crippen LogP contribution >= 0.6 is 27.5 Å². The fourth-order valence-corrected chi connectivity index (χ4v) is 3.11. The van der Waals surface area contributed by atoms with Crippen LogP contribution in [0.25, 0.3) is 0 Å². The van der Waals surface area contributed by atoms with Gasteiger partial charge in [-0.15, -0.1) is 4.68 Å². The van der Waals surface area contributed by atoms with Gasteiger partial charge in [-0.1, -0.05) is 16.7 Å². The molecule has 0 bridgehead atoms. The molecular weight excluding hydrogens is 345 g/mol. The van der Waals surface area contributed by atoms with E-state index in [0.717, 1.165) is 24.2 Å². The highest BCUT2D eigenvalue weighted by molar-refractivity contribution is 9.10. The van der Waals surface area contributed by atoms with Crippen molar-refractivity contribution in [2.45, 2.75) is 39.7 Å². The standard InChI is InChI=1S/C14H16BrClFN3/c1-4-18-20(8(2)3)11-6-5-9-7-10(15)13(17)12(16)14(9)19-11/h4,7-8H,5-6H2,1-3H3/p+1. The molecule has 6 heteroatoms. The Kier molecular flexibility index (Phi) is 4.81. The van der Waals surface area contributed by atoms with Crippen molar-refractivity contribution in [1.82, 2.24) is 0 Å². The lowest BCUT2D eigenvalue weighted by molar-refractivity contribution is -0.564. The van der Waals surface area contributed by atoms with Crippen LogP contribution in [-0.2, 0) is 6.42 Å². The third-order valence-corrected chi connectivity index (χ3v) is 4.08. The smallest absolute Gasteiger partial charge is 0.241 e. The van der Waals surface area contributed by atoms with Crippen molar-refractivity contribution in [3.05, 3.63) is 26.9 Å². The van der Waals surface area contributed by atoms with Gasteiger partial charge in [0.15, 0.2) is 5.82 Å². The van der Waals surface area contributed by atoms with Crippen molar-refractivity contribution < 1.29 is 9.07 Å². The SMILES string of the molecule is CC=N[N+](=C1CCc2cc(Br)c(F)c(Cl)c2N1)C(C)C. The van der Waals surface area contributed by atoms with Crippen molar-refractivity contribution in [1.29, 1.82) is 0 Å². The molecule has 1 aliphatic heterocycles. The van der Waals surface area contributed by atoms with Gasteiger partial charge in [-0.25, -0.2) is 9.71 Å². The summed E-state index contributed by atoms with van der Waals surface area (Å²) in [4.78, 5) is 0. The summed E-state index contributed by atoms with van der Waals surface area (Å²) in [6.07, 6.45) is 3.36. The van der Waals surface area contributed by atoms with Gasteiger partial charge in [-0.05, 0) is 49.2 Å². The molecule has 20 heavy (non-hydrogen) atoms. The molecule has 1 N–H and O–H groups in total. The largest absolute Gasteiger partial charge is 0.275 e. The van der Waals surface area contributed by atoms with Crippen LogP contribution in [0.4, 0.5) is 10.1 Å². The minimum atomic E-state index is -0.436. The van der Waals surface area contributed by atoms with Crippen molar-refractivity contribution in [3.63, 3.8) is 0 Å². The first-order valence-electron chi connectivity index (χ1n) is 6.52. The summed E-state index contributed by atoms with van der Waals surface area (Å²) >= 11 is 9.29. The highest BCUT2D eigenvalue weighted by atomic mass is 79.9. The highest BCUT2D eigenvalue weighted by Crippen LogP contribution is 2.36. The number of benzene rings is 1. The number of nitrogens with one attached hydrogen (secondary N) is 1. The Hall–Kier alpha value is -0.940. The molecule has 0 saturated carbocycles. The zero-order chi connectivity index (χ0) is 14.9. The van der Waals surface area contributed by atoms with Gasteiger partial charge >= 0.3 is 0 Å². The Bertz CT molecular complexity index is 597. The van der Waals surface area contributed by atoms with Crippen LogP contribution in [-0.4, -0.2) is 22.8 Å². The lowest BCUT2D eigenvalue weighted by Crippen LogP contribution is -2.32. The van der Waals surface area contributed by atoms with Crippen molar-refractivity contribution >= 4 is 45.3 Å². The molecule has 0 aromatic heterocycles. The molecule has 0 aliphatic carbocycles. The second-order valence-corrected chi connectivity index (χ2v) is 6.14. The van der Waals surface area contributed by atoms with Crippen LogP contribution in [0.1, 0.15) is 32.8 Å². The zero-order valence-corrected chi connectivity index (χ0v) is 14.0. The van der Waals surface area contributed by atoms with E-state index in [1.54, 1.807) is 12.3 Å². The Morgan fingerprint density at radius 2 is 2.20 bits per heavy atom. The van der Waals surface area contributed by atoms with E-state index < -0.39 is 5.82 Å². The third kappa shape index (κ3) is 2.88.